The van der Waals surface area contributed by atoms with Crippen LogP contribution in [0.15, 0.2) is 0 Å². The summed E-state index contributed by atoms with van der Waals surface area (Å²) in [5, 5.41) is 0.418. The van der Waals surface area contributed by atoms with Gasteiger partial charge in [0, 0.05) is 0 Å². The van der Waals surface area contributed by atoms with Crippen molar-refractivity contribution in [3.8, 4) is 0 Å². The van der Waals surface area contributed by atoms with Gasteiger partial charge in [0.2, 0.25) is 5.01 Å². The maximum atomic E-state index is 11.7. The van der Waals surface area contributed by atoms with Crippen LogP contribution >= 0.6 is 11.3 Å². The Labute approximate surface area is 105 Å². The summed E-state index contributed by atoms with van der Waals surface area (Å²) in [5.74, 6) is -0.349. The lowest BCUT2D eigenvalue weighted by atomic mass is 10.0. The topological polar surface area (TPSA) is 48.4 Å². The van der Waals surface area contributed by atoms with Gasteiger partial charge in [-0.05, 0) is 34.6 Å². The predicted octanol–water partition coefficient (Wildman–Crippen LogP) is 2.82. The fourth-order valence-electron chi connectivity index (χ4n) is 2.15. The third-order valence-corrected chi connectivity index (χ3v) is 4.04. The largest absolute Gasteiger partial charge is 0.461 e. The van der Waals surface area contributed by atoms with Crippen LogP contribution in [-0.4, -0.2) is 17.6 Å². The molecule has 2 heterocycles. The summed E-state index contributed by atoms with van der Waals surface area (Å²) in [4.78, 5) is 17.1. The van der Waals surface area contributed by atoms with E-state index in [4.69, 9.17) is 9.47 Å². The molecule has 0 amide bonds. The Bertz CT molecular complexity index is 431. The van der Waals surface area contributed by atoms with Crippen LogP contribution < -0.4 is 0 Å². The zero-order valence-electron chi connectivity index (χ0n) is 10.8. The predicted molar refractivity (Wildman–Crippen MR) is 65.2 cm³/mol. The van der Waals surface area contributed by atoms with E-state index in [9.17, 15) is 4.79 Å². The first kappa shape index (κ1) is 12.5. The van der Waals surface area contributed by atoms with Crippen molar-refractivity contribution in [1.82, 2.24) is 4.98 Å². The molecule has 0 atom stereocenters. The van der Waals surface area contributed by atoms with Crippen molar-refractivity contribution in [1.29, 1.82) is 0 Å². The van der Waals surface area contributed by atoms with Crippen LogP contribution in [0.25, 0.3) is 0 Å². The first-order valence-corrected chi connectivity index (χ1v) is 6.48. The Hall–Kier alpha value is -0.940. The van der Waals surface area contributed by atoms with Gasteiger partial charge in [-0.1, -0.05) is 0 Å². The summed E-state index contributed by atoms with van der Waals surface area (Å²) in [7, 11) is 0. The number of rotatable bonds is 2. The van der Waals surface area contributed by atoms with Gasteiger partial charge in [0.1, 0.15) is 5.60 Å². The average Bonchev–Trinajstić information content (AvgIpc) is 2.67. The number of hydrogen-bond donors (Lipinski definition) is 0. The molecule has 0 spiro atoms. The number of aromatic nitrogens is 1. The highest BCUT2D eigenvalue weighted by Gasteiger charge is 2.47. The molecular formula is C12H17NO3S. The third kappa shape index (κ3) is 1.98. The van der Waals surface area contributed by atoms with Gasteiger partial charge in [-0.15, -0.1) is 11.3 Å². The molecule has 2 rings (SSSR count). The number of carbonyl (C=O) groups is 1. The summed E-state index contributed by atoms with van der Waals surface area (Å²) in [6.45, 7) is 10.1. The zero-order chi connectivity index (χ0) is 12.8. The van der Waals surface area contributed by atoms with Crippen LogP contribution in [0.5, 0.6) is 0 Å². The SMILES string of the molecule is CCOC(=O)c1nc2c(s1)C(C)(C)OC2(C)C. The molecule has 0 radical (unpaired) electrons. The van der Waals surface area contributed by atoms with Gasteiger partial charge in [-0.3, -0.25) is 0 Å². The summed E-state index contributed by atoms with van der Waals surface area (Å²) in [6, 6.07) is 0. The smallest absolute Gasteiger partial charge is 0.367 e. The van der Waals surface area contributed by atoms with Crippen LogP contribution in [0.4, 0.5) is 0 Å². The molecule has 1 aliphatic heterocycles. The van der Waals surface area contributed by atoms with Gasteiger partial charge >= 0.3 is 5.97 Å². The van der Waals surface area contributed by atoms with E-state index in [1.165, 1.54) is 11.3 Å². The fourth-order valence-corrected chi connectivity index (χ4v) is 3.30. The van der Waals surface area contributed by atoms with Crippen molar-refractivity contribution < 1.29 is 14.3 Å². The Kier molecular flexibility index (Phi) is 2.78. The summed E-state index contributed by atoms with van der Waals surface area (Å²) < 4.78 is 10.9. The second-order valence-corrected chi connectivity index (χ2v) is 6.04. The molecule has 1 aliphatic rings. The number of ether oxygens (including phenoxy) is 2. The summed E-state index contributed by atoms with van der Waals surface area (Å²) >= 11 is 1.37. The fraction of sp³-hybridized carbons (Fsp3) is 0.667. The van der Waals surface area contributed by atoms with Crippen LogP contribution in [0.2, 0.25) is 0 Å². The first-order valence-electron chi connectivity index (χ1n) is 5.67. The number of esters is 1. The Morgan fingerprint density at radius 2 is 2.00 bits per heavy atom. The maximum absolute atomic E-state index is 11.7. The molecule has 0 fully saturated rings. The Morgan fingerprint density at radius 1 is 1.35 bits per heavy atom. The Balaban J connectivity index is 2.43. The van der Waals surface area contributed by atoms with Crippen LogP contribution in [0, 0.1) is 0 Å². The van der Waals surface area contributed by atoms with Crippen molar-refractivity contribution in [2.75, 3.05) is 6.61 Å². The van der Waals surface area contributed by atoms with Crippen molar-refractivity contribution >= 4 is 17.3 Å². The highest BCUT2D eigenvalue weighted by Crippen LogP contribution is 2.48. The van der Waals surface area contributed by atoms with Crippen molar-refractivity contribution in [2.24, 2.45) is 0 Å². The lowest BCUT2D eigenvalue weighted by molar-refractivity contribution is -0.105. The molecule has 17 heavy (non-hydrogen) atoms. The van der Waals surface area contributed by atoms with Gasteiger partial charge < -0.3 is 9.47 Å². The van der Waals surface area contributed by atoms with Crippen LogP contribution in [0.1, 0.15) is 55.0 Å². The quantitative estimate of drug-likeness (QED) is 0.762. The summed E-state index contributed by atoms with van der Waals surface area (Å²) in [6.07, 6.45) is 0. The molecule has 0 unspecified atom stereocenters. The number of nitrogens with zero attached hydrogens (tertiary/aromatic N) is 1. The minimum absolute atomic E-state index is 0.349. The highest BCUT2D eigenvalue weighted by atomic mass is 32.1. The van der Waals surface area contributed by atoms with E-state index < -0.39 is 5.60 Å². The molecule has 0 bridgehead atoms. The van der Waals surface area contributed by atoms with E-state index in [2.05, 4.69) is 4.98 Å². The Morgan fingerprint density at radius 3 is 2.53 bits per heavy atom. The van der Waals surface area contributed by atoms with Gasteiger partial charge in [0.05, 0.1) is 22.8 Å². The summed E-state index contributed by atoms with van der Waals surface area (Å²) in [5.41, 5.74) is 0.0250. The number of hydrogen-bond acceptors (Lipinski definition) is 5. The molecule has 0 aromatic carbocycles. The van der Waals surface area contributed by atoms with E-state index in [1.54, 1.807) is 6.92 Å². The molecule has 94 valence electrons. The van der Waals surface area contributed by atoms with E-state index >= 15 is 0 Å². The normalized spacial score (nSPS) is 20.1. The second kappa shape index (κ2) is 3.78. The lowest BCUT2D eigenvalue weighted by Gasteiger charge is -2.24. The minimum Gasteiger partial charge on any atom is -0.461 e. The number of carbonyl (C=O) groups excluding carboxylic acids is 1. The molecule has 5 heteroatoms. The molecule has 1 aromatic rings. The van der Waals surface area contributed by atoms with Crippen LogP contribution in [-0.2, 0) is 20.7 Å². The average molecular weight is 255 g/mol. The third-order valence-electron chi connectivity index (χ3n) is 2.70. The van der Waals surface area contributed by atoms with Gasteiger partial charge in [0.15, 0.2) is 0 Å². The second-order valence-electron chi connectivity index (χ2n) is 5.04. The molecular weight excluding hydrogens is 238 g/mol. The number of thiazole rings is 1. The van der Waals surface area contributed by atoms with Gasteiger partial charge in [-0.25, -0.2) is 9.78 Å². The van der Waals surface area contributed by atoms with Crippen molar-refractivity contribution in [3.05, 3.63) is 15.6 Å². The molecule has 4 nitrogen and oxygen atoms in total. The lowest BCUT2D eigenvalue weighted by Crippen LogP contribution is -2.23. The monoisotopic (exact) mass is 255 g/mol. The van der Waals surface area contributed by atoms with E-state index in [1.807, 2.05) is 27.7 Å². The standard InChI is InChI=1S/C12H17NO3S/c1-6-15-10(14)9-13-7-8(17-9)12(4,5)16-11(7,2)3/h6H2,1-5H3. The molecule has 1 aromatic heterocycles. The van der Waals surface area contributed by atoms with Gasteiger partial charge in [-0.2, -0.15) is 0 Å². The van der Waals surface area contributed by atoms with E-state index in [0.717, 1.165) is 10.6 Å². The van der Waals surface area contributed by atoms with Crippen molar-refractivity contribution in [2.45, 2.75) is 45.8 Å². The van der Waals surface area contributed by atoms with Gasteiger partial charge in [0.25, 0.3) is 0 Å². The van der Waals surface area contributed by atoms with Crippen LogP contribution in [0.3, 0.4) is 0 Å². The minimum atomic E-state index is -0.444. The molecule has 0 N–H and O–H groups in total. The van der Waals surface area contributed by atoms with Crippen molar-refractivity contribution in [3.63, 3.8) is 0 Å². The van der Waals surface area contributed by atoms with E-state index in [0.29, 0.717) is 11.6 Å². The van der Waals surface area contributed by atoms with E-state index in [-0.39, 0.29) is 11.6 Å². The highest BCUT2D eigenvalue weighted by molar-refractivity contribution is 7.13. The molecule has 0 saturated carbocycles. The molecule has 0 saturated heterocycles. The molecule has 0 aliphatic carbocycles. The first-order chi connectivity index (χ1) is 7.78. The zero-order valence-corrected chi connectivity index (χ0v) is 11.6. The maximum Gasteiger partial charge on any atom is 0.367 e. The number of fused-ring (bicyclic) bond motifs is 1.